The average molecular weight is 560 g/mol. The van der Waals surface area contributed by atoms with Crippen molar-refractivity contribution in [1.29, 1.82) is 0 Å². The second-order valence-corrected chi connectivity index (χ2v) is 9.24. The SMILES string of the molecule is NC(=O)CCC(NC(=O)C(CS)NC(=O)C(Cc1ccccc1)NC(=O)C(N)Cc1ccc(O)cc1)C(=O)O. The Hall–Kier alpha value is -4.10. The molecule has 4 unspecified atom stereocenters. The number of primary amides is 1. The van der Waals surface area contributed by atoms with Gasteiger partial charge in [-0.1, -0.05) is 42.5 Å². The molecule has 0 aliphatic rings. The fraction of sp³-hybridized carbons (Fsp3) is 0.346. The van der Waals surface area contributed by atoms with Gasteiger partial charge in [0.1, 0.15) is 23.9 Å². The van der Waals surface area contributed by atoms with E-state index in [0.29, 0.717) is 5.56 Å². The summed E-state index contributed by atoms with van der Waals surface area (Å²) >= 11 is 4.10. The molecule has 13 heteroatoms. The standard InChI is InChI=1S/C26H33N5O7S/c27-18(12-16-6-8-17(32)9-7-16)23(34)30-20(13-15-4-2-1-3-5-15)24(35)31-21(14-39)25(36)29-19(26(37)38)10-11-22(28)33/h1-9,18-21,32,39H,10-14,27H2,(H2,28,33)(H,29,36)(H,30,34)(H,31,35)(H,37,38). The van der Waals surface area contributed by atoms with E-state index in [-0.39, 0.29) is 37.2 Å². The van der Waals surface area contributed by atoms with Gasteiger partial charge in [0.15, 0.2) is 0 Å². The molecule has 4 amide bonds. The Morgan fingerprint density at radius 2 is 1.31 bits per heavy atom. The molecule has 0 saturated carbocycles. The predicted molar refractivity (Wildman–Crippen MR) is 146 cm³/mol. The van der Waals surface area contributed by atoms with Crippen molar-refractivity contribution in [1.82, 2.24) is 16.0 Å². The number of nitrogens with two attached hydrogens (primary N) is 2. The lowest BCUT2D eigenvalue weighted by Crippen LogP contribution is -2.58. The Balaban J connectivity index is 2.13. The zero-order chi connectivity index (χ0) is 28.9. The summed E-state index contributed by atoms with van der Waals surface area (Å²) in [6.07, 6.45) is -0.253. The van der Waals surface area contributed by atoms with E-state index >= 15 is 0 Å². The molecule has 0 heterocycles. The first-order chi connectivity index (χ1) is 18.5. The Morgan fingerprint density at radius 1 is 0.769 bits per heavy atom. The molecule has 9 N–H and O–H groups in total. The minimum absolute atomic E-state index is 0.0710. The summed E-state index contributed by atoms with van der Waals surface area (Å²) in [6, 6.07) is 10.3. The van der Waals surface area contributed by atoms with Gasteiger partial charge in [-0.05, 0) is 36.1 Å². The normalized spacial score (nSPS) is 13.8. The number of hydrogen-bond acceptors (Lipinski definition) is 8. The molecule has 12 nitrogen and oxygen atoms in total. The first kappa shape index (κ1) is 31.1. The topological polar surface area (TPSA) is 214 Å². The minimum atomic E-state index is -1.40. The molecule has 0 aliphatic heterocycles. The van der Waals surface area contributed by atoms with E-state index in [1.807, 2.05) is 0 Å². The van der Waals surface area contributed by atoms with E-state index in [1.165, 1.54) is 12.1 Å². The number of aromatic hydroxyl groups is 1. The third-order valence-corrected chi connectivity index (χ3v) is 6.12. The highest BCUT2D eigenvalue weighted by Crippen LogP contribution is 2.11. The summed E-state index contributed by atoms with van der Waals surface area (Å²) in [6.45, 7) is 0. The first-order valence-electron chi connectivity index (χ1n) is 12.1. The van der Waals surface area contributed by atoms with Crippen LogP contribution >= 0.6 is 12.6 Å². The highest BCUT2D eigenvalue weighted by atomic mass is 32.1. The highest BCUT2D eigenvalue weighted by molar-refractivity contribution is 7.80. The molecule has 0 aliphatic carbocycles. The molecular formula is C26H33N5O7S. The fourth-order valence-corrected chi connectivity index (χ4v) is 3.86. The maximum atomic E-state index is 13.2. The van der Waals surface area contributed by atoms with Crippen molar-refractivity contribution < 1.29 is 34.2 Å². The number of carboxylic acid groups (broad SMARTS) is 1. The number of aliphatic carboxylic acids is 1. The monoisotopic (exact) mass is 559 g/mol. The van der Waals surface area contributed by atoms with Crippen molar-refractivity contribution >= 4 is 42.2 Å². The zero-order valence-corrected chi connectivity index (χ0v) is 22.0. The molecule has 0 radical (unpaired) electrons. The molecule has 39 heavy (non-hydrogen) atoms. The maximum absolute atomic E-state index is 13.2. The number of amides is 4. The molecular weight excluding hydrogens is 526 g/mol. The van der Waals surface area contributed by atoms with Crippen LogP contribution < -0.4 is 27.4 Å². The number of rotatable bonds is 15. The number of nitrogens with one attached hydrogen (secondary N) is 3. The van der Waals surface area contributed by atoms with Crippen molar-refractivity contribution in [3.05, 3.63) is 65.7 Å². The number of carboxylic acids is 1. The number of carbonyl (C=O) groups excluding carboxylic acids is 4. The first-order valence-corrected chi connectivity index (χ1v) is 12.7. The van der Waals surface area contributed by atoms with Crippen molar-refractivity contribution in [2.75, 3.05) is 5.75 Å². The largest absolute Gasteiger partial charge is 0.508 e. The number of phenolic OH excluding ortho intramolecular Hbond substituents is 1. The smallest absolute Gasteiger partial charge is 0.326 e. The van der Waals surface area contributed by atoms with Crippen LogP contribution in [0.1, 0.15) is 24.0 Å². The third kappa shape index (κ3) is 10.7. The van der Waals surface area contributed by atoms with E-state index < -0.39 is 53.8 Å². The van der Waals surface area contributed by atoms with Gasteiger partial charge in [0.05, 0.1) is 6.04 Å². The van der Waals surface area contributed by atoms with Crippen molar-refractivity contribution in [2.45, 2.75) is 49.9 Å². The number of benzene rings is 2. The van der Waals surface area contributed by atoms with Crippen LogP contribution in [0, 0.1) is 0 Å². The minimum Gasteiger partial charge on any atom is -0.508 e. The van der Waals surface area contributed by atoms with Crippen molar-refractivity contribution in [2.24, 2.45) is 11.5 Å². The number of phenols is 1. The zero-order valence-electron chi connectivity index (χ0n) is 21.1. The summed E-state index contributed by atoms with van der Waals surface area (Å²) in [5.74, 6) is -4.34. The molecule has 0 spiro atoms. The quantitative estimate of drug-likeness (QED) is 0.130. The maximum Gasteiger partial charge on any atom is 0.326 e. The van der Waals surface area contributed by atoms with E-state index in [4.69, 9.17) is 11.5 Å². The molecule has 0 fully saturated rings. The molecule has 0 aromatic heterocycles. The van der Waals surface area contributed by atoms with Gasteiger partial charge >= 0.3 is 5.97 Å². The number of thiol groups is 1. The van der Waals surface area contributed by atoms with E-state index in [2.05, 4.69) is 28.6 Å². The van der Waals surface area contributed by atoms with E-state index in [9.17, 15) is 34.2 Å². The van der Waals surface area contributed by atoms with E-state index in [0.717, 1.165) is 5.56 Å². The van der Waals surface area contributed by atoms with Gasteiger partial charge in [-0.25, -0.2) is 4.79 Å². The summed E-state index contributed by atoms with van der Waals surface area (Å²) < 4.78 is 0. The van der Waals surface area contributed by atoms with Crippen LogP contribution in [0.2, 0.25) is 0 Å². The van der Waals surface area contributed by atoms with Crippen LogP contribution in [0.3, 0.4) is 0 Å². The van der Waals surface area contributed by atoms with Crippen molar-refractivity contribution in [3.8, 4) is 5.75 Å². The Bertz CT molecular complexity index is 1150. The molecule has 0 bridgehead atoms. The Kier molecular flexibility index (Phi) is 12.2. The molecule has 2 aromatic rings. The lowest BCUT2D eigenvalue weighted by molar-refractivity contribution is -0.142. The fourth-order valence-electron chi connectivity index (χ4n) is 3.60. The molecule has 4 atom stereocenters. The summed E-state index contributed by atoms with van der Waals surface area (Å²) in [5, 5.41) is 26.2. The van der Waals surface area contributed by atoms with E-state index in [1.54, 1.807) is 42.5 Å². The average Bonchev–Trinajstić information content (AvgIpc) is 2.90. The van der Waals surface area contributed by atoms with Crippen LogP contribution in [-0.2, 0) is 36.8 Å². The molecule has 210 valence electrons. The van der Waals surface area contributed by atoms with Gasteiger partial charge in [-0.3, -0.25) is 19.2 Å². The highest BCUT2D eigenvalue weighted by Gasteiger charge is 2.30. The van der Waals surface area contributed by atoms with Gasteiger partial charge in [0.25, 0.3) is 0 Å². The summed E-state index contributed by atoms with van der Waals surface area (Å²) in [4.78, 5) is 61.3. The number of hydrogen-bond donors (Lipinski definition) is 8. The predicted octanol–water partition coefficient (Wildman–Crippen LogP) is -0.761. The lowest BCUT2D eigenvalue weighted by atomic mass is 10.0. The molecule has 2 rings (SSSR count). The summed E-state index contributed by atoms with van der Waals surface area (Å²) in [7, 11) is 0. The van der Waals surface area contributed by atoms with Gasteiger partial charge in [0.2, 0.25) is 23.6 Å². The van der Waals surface area contributed by atoms with Crippen LogP contribution in [-0.4, -0.2) is 69.7 Å². The molecule has 0 saturated heterocycles. The lowest BCUT2D eigenvalue weighted by Gasteiger charge is -2.24. The Labute approximate surface area is 230 Å². The van der Waals surface area contributed by atoms with Gasteiger partial charge in [0, 0.05) is 18.6 Å². The third-order valence-electron chi connectivity index (χ3n) is 5.75. The summed E-state index contributed by atoms with van der Waals surface area (Å²) in [5.41, 5.74) is 12.6. The van der Waals surface area contributed by atoms with Gasteiger partial charge < -0.3 is 37.6 Å². The number of carbonyl (C=O) groups is 5. The van der Waals surface area contributed by atoms with Crippen LogP contribution in [0.4, 0.5) is 0 Å². The van der Waals surface area contributed by atoms with Crippen LogP contribution in [0.5, 0.6) is 5.75 Å². The molecule has 2 aromatic carbocycles. The van der Waals surface area contributed by atoms with Crippen molar-refractivity contribution in [3.63, 3.8) is 0 Å². The van der Waals surface area contributed by atoms with Crippen LogP contribution in [0.25, 0.3) is 0 Å². The Morgan fingerprint density at radius 3 is 1.87 bits per heavy atom. The van der Waals surface area contributed by atoms with Crippen LogP contribution in [0.15, 0.2) is 54.6 Å². The second kappa shape index (κ2) is 15.3. The van der Waals surface area contributed by atoms with Gasteiger partial charge in [-0.2, -0.15) is 12.6 Å². The second-order valence-electron chi connectivity index (χ2n) is 8.88. The van der Waals surface area contributed by atoms with Gasteiger partial charge in [-0.15, -0.1) is 0 Å².